The monoisotopic (exact) mass is 213 g/mol. The second-order valence-corrected chi connectivity index (χ2v) is 4.32. The van der Waals surface area contributed by atoms with E-state index in [0.717, 1.165) is 23.6 Å². The molecule has 78 valence electrons. The summed E-state index contributed by atoms with van der Waals surface area (Å²) in [5.74, 6) is 2.00. The van der Waals surface area contributed by atoms with E-state index < -0.39 is 0 Å². The van der Waals surface area contributed by atoms with Gasteiger partial charge in [-0.1, -0.05) is 11.8 Å². The van der Waals surface area contributed by atoms with Crippen LogP contribution >= 0.6 is 11.8 Å². The summed E-state index contributed by atoms with van der Waals surface area (Å²) in [4.78, 5) is 14.9. The lowest BCUT2D eigenvalue weighted by atomic mass is 10.3. The molecule has 4 heteroatoms. The van der Waals surface area contributed by atoms with Gasteiger partial charge < -0.3 is 9.21 Å². The third-order valence-corrected chi connectivity index (χ3v) is 2.82. The van der Waals surface area contributed by atoms with Crippen LogP contribution in [0.5, 0.6) is 0 Å². The molecule has 0 saturated carbocycles. The Hall–Kier alpha value is -0.770. The number of carbonyl (C=O) groups is 1. The first-order valence-electron chi connectivity index (χ1n) is 4.66. The summed E-state index contributed by atoms with van der Waals surface area (Å²) in [6.45, 7) is 5.45. The summed E-state index contributed by atoms with van der Waals surface area (Å²) in [5, 5.41) is 0.712. The van der Waals surface area contributed by atoms with Gasteiger partial charge in [-0.05, 0) is 27.2 Å². The molecule has 0 saturated heterocycles. The Balaban J connectivity index is 2.28. The fraction of sp³-hybridized carbons (Fsp3) is 0.600. The molecule has 1 heterocycles. The first-order valence-corrected chi connectivity index (χ1v) is 5.64. The summed E-state index contributed by atoms with van der Waals surface area (Å²) in [6, 6.07) is 0. The zero-order valence-corrected chi connectivity index (χ0v) is 9.61. The van der Waals surface area contributed by atoms with Crippen molar-refractivity contribution in [3.05, 3.63) is 11.5 Å². The van der Waals surface area contributed by atoms with Crippen LogP contribution in [0.15, 0.2) is 9.64 Å². The minimum Gasteiger partial charge on any atom is -0.437 e. The van der Waals surface area contributed by atoms with E-state index in [9.17, 15) is 4.79 Å². The van der Waals surface area contributed by atoms with E-state index in [1.54, 1.807) is 18.7 Å². The molecule has 0 aliphatic carbocycles. The molecule has 0 amide bonds. The molecule has 0 spiro atoms. The Kier molecular flexibility index (Phi) is 4.20. The maximum Gasteiger partial charge on any atom is 0.256 e. The van der Waals surface area contributed by atoms with Crippen LogP contribution in [0.25, 0.3) is 0 Å². The molecule has 14 heavy (non-hydrogen) atoms. The van der Waals surface area contributed by atoms with Crippen molar-refractivity contribution in [3.8, 4) is 0 Å². The van der Waals surface area contributed by atoms with Crippen molar-refractivity contribution in [2.75, 3.05) is 5.75 Å². The zero-order chi connectivity index (χ0) is 10.6. The summed E-state index contributed by atoms with van der Waals surface area (Å²) >= 11 is 1.57. The van der Waals surface area contributed by atoms with Crippen molar-refractivity contribution in [1.82, 2.24) is 4.98 Å². The van der Waals surface area contributed by atoms with Gasteiger partial charge in [-0.2, -0.15) is 0 Å². The molecule has 0 fully saturated rings. The Bertz CT molecular complexity index is 300. The van der Waals surface area contributed by atoms with E-state index in [-0.39, 0.29) is 5.78 Å². The number of hydrogen-bond acceptors (Lipinski definition) is 4. The minimum absolute atomic E-state index is 0.241. The Labute approximate surface area is 88.3 Å². The van der Waals surface area contributed by atoms with E-state index in [1.165, 1.54) is 0 Å². The van der Waals surface area contributed by atoms with Gasteiger partial charge in [0, 0.05) is 12.2 Å². The fourth-order valence-corrected chi connectivity index (χ4v) is 1.83. The third-order valence-electron chi connectivity index (χ3n) is 1.91. The number of carbonyl (C=O) groups excluding carboxylic acids is 1. The molecule has 0 unspecified atom stereocenters. The van der Waals surface area contributed by atoms with Gasteiger partial charge in [0.2, 0.25) is 0 Å². The van der Waals surface area contributed by atoms with Gasteiger partial charge >= 0.3 is 0 Å². The van der Waals surface area contributed by atoms with Crippen LogP contribution in [-0.4, -0.2) is 16.5 Å². The molecule has 0 atom stereocenters. The van der Waals surface area contributed by atoms with Gasteiger partial charge in [-0.25, -0.2) is 4.98 Å². The first kappa shape index (κ1) is 11.3. The lowest BCUT2D eigenvalue weighted by molar-refractivity contribution is -0.117. The van der Waals surface area contributed by atoms with E-state index in [0.29, 0.717) is 11.6 Å². The Morgan fingerprint density at radius 2 is 2.21 bits per heavy atom. The van der Waals surface area contributed by atoms with Gasteiger partial charge in [-0.3, -0.25) is 0 Å². The zero-order valence-electron chi connectivity index (χ0n) is 8.79. The number of oxazole rings is 1. The highest BCUT2D eigenvalue weighted by atomic mass is 32.2. The quantitative estimate of drug-likeness (QED) is 0.557. The van der Waals surface area contributed by atoms with Crippen molar-refractivity contribution >= 4 is 17.5 Å². The van der Waals surface area contributed by atoms with Crippen LogP contribution in [0.4, 0.5) is 0 Å². The standard InChI is InChI=1S/C10H15NO2S/c1-7(12)5-4-6-14-10-11-8(2)9(3)13-10/h4-6H2,1-3H3. The largest absolute Gasteiger partial charge is 0.437 e. The number of Topliss-reactive ketones (excluding diaryl/α,β-unsaturated/α-hetero) is 1. The number of rotatable bonds is 5. The molecule has 1 aromatic rings. The maximum absolute atomic E-state index is 10.7. The van der Waals surface area contributed by atoms with E-state index in [4.69, 9.17) is 4.42 Å². The van der Waals surface area contributed by atoms with Crippen LogP contribution in [-0.2, 0) is 4.79 Å². The molecule has 0 aliphatic rings. The second kappa shape index (κ2) is 5.20. The average molecular weight is 213 g/mol. The highest BCUT2D eigenvalue weighted by Crippen LogP contribution is 2.20. The predicted molar refractivity (Wildman–Crippen MR) is 56.6 cm³/mol. The van der Waals surface area contributed by atoms with Crippen molar-refractivity contribution in [2.24, 2.45) is 0 Å². The summed E-state index contributed by atoms with van der Waals surface area (Å²) in [5.41, 5.74) is 0.944. The van der Waals surface area contributed by atoms with Crippen LogP contribution in [0.2, 0.25) is 0 Å². The highest BCUT2D eigenvalue weighted by Gasteiger charge is 2.05. The minimum atomic E-state index is 0.241. The van der Waals surface area contributed by atoms with Gasteiger partial charge in [0.05, 0.1) is 5.69 Å². The molecule has 0 aromatic carbocycles. The molecular formula is C10H15NO2S. The van der Waals surface area contributed by atoms with Gasteiger partial charge in [0.15, 0.2) is 0 Å². The maximum atomic E-state index is 10.7. The molecule has 0 radical (unpaired) electrons. The highest BCUT2D eigenvalue weighted by molar-refractivity contribution is 7.99. The van der Waals surface area contributed by atoms with E-state index >= 15 is 0 Å². The molecule has 1 aromatic heterocycles. The number of thioether (sulfide) groups is 1. The normalized spacial score (nSPS) is 10.5. The van der Waals surface area contributed by atoms with E-state index in [2.05, 4.69) is 4.98 Å². The number of ketones is 1. The molecule has 0 bridgehead atoms. The van der Waals surface area contributed by atoms with Gasteiger partial charge in [0.1, 0.15) is 11.5 Å². The van der Waals surface area contributed by atoms with Crippen molar-refractivity contribution < 1.29 is 9.21 Å². The van der Waals surface area contributed by atoms with E-state index in [1.807, 2.05) is 13.8 Å². The number of hydrogen-bond donors (Lipinski definition) is 0. The summed E-state index contributed by atoms with van der Waals surface area (Å²) in [7, 11) is 0. The van der Waals surface area contributed by atoms with Crippen molar-refractivity contribution in [1.29, 1.82) is 0 Å². The summed E-state index contributed by atoms with van der Waals surface area (Å²) < 4.78 is 5.39. The van der Waals surface area contributed by atoms with Gasteiger partial charge in [0.25, 0.3) is 5.22 Å². The van der Waals surface area contributed by atoms with Crippen LogP contribution in [0.1, 0.15) is 31.2 Å². The first-order chi connectivity index (χ1) is 6.59. The molecule has 0 aliphatic heterocycles. The SMILES string of the molecule is CC(=O)CCCSc1nc(C)c(C)o1. The average Bonchev–Trinajstić information content (AvgIpc) is 2.40. The van der Waals surface area contributed by atoms with Crippen molar-refractivity contribution in [2.45, 2.75) is 38.8 Å². The summed E-state index contributed by atoms with van der Waals surface area (Å²) in [6.07, 6.45) is 1.53. The molecular weight excluding hydrogens is 198 g/mol. The molecule has 0 N–H and O–H groups in total. The van der Waals surface area contributed by atoms with Gasteiger partial charge in [-0.15, -0.1) is 0 Å². The Morgan fingerprint density at radius 1 is 1.50 bits per heavy atom. The van der Waals surface area contributed by atoms with Crippen LogP contribution < -0.4 is 0 Å². The second-order valence-electron chi connectivity index (χ2n) is 3.28. The van der Waals surface area contributed by atoms with Crippen molar-refractivity contribution in [3.63, 3.8) is 0 Å². The lowest BCUT2D eigenvalue weighted by Gasteiger charge is -1.94. The van der Waals surface area contributed by atoms with Crippen LogP contribution in [0, 0.1) is 13.8 Å². The smallest absolute Gasteiger partial charge is 0.256 e. The topological polar surface area (TPSA) is 43.1 Å². The Morgan fingerprint density at radius 3 is 2.71 bits per heavy atom. The molecule has 1 rings (SSSR count). The predicted octanol–water partition coefficient (Wildman–Crippen LogP) is 2.75. The fourth-order valence-electron chi connectivity index (χ4n) is 0.986. The number of aryl methyl sites for hydroxylation is 2. The van der Waals surface area contributed by atoms with Crippen LogP contribution in [0.3, 0.4) is 0 Å². The third kappa shape index (κ3) is 3.54. The number of aromatic nitrogens is 1. The number of nitrogens with zero attached hydrogens (tertiary/aromatic N) is 1. The molecule has 3 nitrogen and oxygen atoms in total. The lowest BCUT2D eigenvalue weighted by Crippen LogP contribution is -1.90.